The van der Waals surface area contributed by atoms with Crippen LogP contribution in [0.5, 0.6) is 0 Å². The van der Waals surface area contributed by atoms with Gasteiger partial charge in [-0.15, -0.1) is 0 Å². The Hall–Kier alpha value is -0.870. The Morgan fingerprint density at radius 2 is 2.58 bits per heavy atom. The van der Waals surface area contributed by atoms with Crippen molar-refractivity contribution in [3.05, 3.63) is 23.8 Å². The van der Waals surface area contributed by atoms with Crippen molar-refractivity contribution in [2.75, 3.05) is 13.1 Å². The van der Waals surface area contributed by atoms with E-state index in [0.29, 0.717) is 23.9 Å². The second-order valence-corrected chi connectivity index (χ2v) is 2.81. The van der Waals surface area contributed by atoms with E-state index in [1.165, 1.54) is 6.33 Å². The smallest absolute Gasteiger partial charge is 0.227 e. The Balaban J connectivity index is 2.07. The van der Waals surface area contributed by atoms with Gasteiger partial charge < -0.3 is 9.84 Å². The molecular formula is C7H10ClN3O. The molecule has 5 heteroatoms. The third-order valence-corrected chi connectivity index (χ3v) is 1.37. The average molecular weight is 188 g/mol. The lowest BCUT2D eigenvalue weighted by Crippen LogP contribution is -2.18. The van der Waals surface area contributed by atoms with E-state index in [0.717, 1.165) is 6.54 Å². The highest BCUT2D eigenvalue weighted by Crippen LogP contribution is 1.93. The van der Waals surface area contributed by atoms with Crippen molar-refractivity contribution >= 4 is 11.6 Å². The topological polar surface area (TPSA) is 51.0 Å². The van der Waals surface area contributed by atoms with Gasteiger partial charge in [0, 0.05) is 24.5 Å². The molecule has 0 unspecified atom stereocenters. The molecule has 1 aromatic rings. The van der Waals surface area contributed by atoms with E-state index in [4.69, 9.17) is 16.1 Å². The van der Waals surface area contributed by atoms with Gasteiger partial charge in [-0.25, -0.2) is 0 Å². The summed E-state index contributed by atoms with van der Waals surface area (Å²) in [6, 6.07) is 0. The number of hydrogen-bond acceptors (Lipinski definition) is 4. The van der Waals surface area contributed by atoms with E-state index in [1.54, 1.807) is 0 Å². The predicted molar refractivity (Wildman–Crippen MR) is 45.9 cm³/mol. The van der Waals surface area contributed by atoms with E-state index in [-0.39, 0.29) is 0 Å². The van der Waals surface area contributed by atoms with E-state index >= 15 is 0 Å². The fraction of sp³-hybridized carbons (Fsp3) is 0.429. The molecule has 0 bridgehead atoms. The molecule has 66 valence electrons. The largest absolute Gasteiger partial charge is 0.340 e. The van der Waals surface area contributed by atoms with Gasteiger partial charge in [-0.1, -0.05) is 23.3 Å². The lowest BCUT2D eigenvalue weighted by Gasteiger charge is -1.98. The van der Waals surface area contributed by atoms with Crippen molar-refractivity contribution in [1.29, 1.82) is 0 Å². The maximum Gasteiger partial charge on any atom is 0.227 e. The van der Waals surface area contributed by atoms with Crippen LogP contribution in [0.4, 0.5) is 0 Å². The molecule has 0 saturated carbocycles. The molecule has 1 rings (SSSR count). The Morgan fingerprint density at radius 3 is 3.17 bits per heavy atom. The van der Waals surface area contributed by atoms with Gasteiger partial charge in [0.05, 0.1) is 0 Å². The number of aromatic nitrogens is 2. The third-order valence-electron chi connectivity index (χ3n) is 1.24. The van der Waals surface area contributed by atoms with Crippen LogP contribution >= 0.6 is 11.6 Å². The van der Waals surface area contributed by atoms with Crippen LogP contribution in [0.3, 0.4) is 0 Å². The zero-order valence-electron chi connectivity index (χ0n) is 6.59. The summed E-state index contributed by atoms with van der Waals surface area (Å²) in [5.74, 6) is 0.627. The first-order valence-electron chi connectivity index (χ1n) is 3.58. The minimum absolute atomic E-state index is 0.598. The average Bonchev–Trinajstić information content (AvgIpc) is 2.49. The third kappa shape index (κ3) is 3.50. The van der Waals surface area contributed by atoms with Crippen LogP contribution in [0.2, 0.25) is 0 Å². The second-order valence-electron chi connectivity index (χ2n) is 2.28. The van der Waals surface area contributed by atoms with E-state index < -0.39 is 0 Å². The quantitative estimate of drug-likeness (QED) is 0.698. The van der Waals surface area contributed by atoms with Gasteiger partial charge in [0.1, 0.15) is 0 Å². The van der Waals surface area contributed by atoms with Gasteiger partial charge >= 0.3 is 0 Å². The highest BCUT2D eigenvalue weighted by molar-refractivity contribution is 6.29. The van der Waals surface area contributed by atoms with Crippen molar-refractivity contribution in [2.45, 2.75) is 6.42 Å². The van der Waals surface area contributed by atoms with Crippen molar-refractivity contribution in [2.24, 2.45) is 0 Å². The number of nitrogens with one attached hydrogen (secondary N) is 1. The molecule has 0 aromatic carbocycles. The van der Waals surface area contributed by atoms with Crippen molar-refractivity contribution in [3.63, 3.8) is 0 Å². The molecule has 0 radical (unpaired) electrons. The maximum absolute atomic E-state index is 5.53. The first-order valence-corrected chi connectivity index (χ1v) is 3.96. The lowest BCUT2D eigenvalue weighted by atomic mass is 10.4. The SMILES string of the molecule is C=C(Cl)CNCCc1ncno1. The summed E-state index contributed by atoms with van der Waals surface area (Å²) in [5, 5.41) is 7.14. The first kappa shape index (κ1) is 9.22. The van der Waals surface area contributed by atoms with Crippen LogP contribution in [0.1, 0.15) is 5.89 Å². The predicted octanol–water partition coefficient (Wildman–Crippen LogP) is 0.954. The molecule has 0 fully saturated rings. The fourth-order valence-corrected chi connectivity index (χ4v) is 0.820. The van der Waals surface area contributed by atoms with Gasteiger partial charge in [-0.05, 0) is 0 Å². The van der Waals surface area contributed by atoms with Crippen LogP contribution in [0.15, 0.2) is 22.5 Å². The summed E-state index contributed by atoms with van der Waals surface area (Å²) in [5.41, 5.74) is 0. The Labute approximate surface area is 75.6 Å². The highest BCUT2D eigenvalue weighted by Gasteiger charge is 1.97. The van der Waals surface area contributed by atoms with Crippen LogP contribution in [0, 0.1) is 0 Å². The highest BCUT2D eigenvalue weighted by atomic mass is 35.5. The summed E-state index contributed by atoms with van der Waals surface area (Å²) in [7, 11) is 0. The van der Waals surface area contributed by atoms with Crippen molar-refractivity contribution in [1.82, 2.24) is 15.5 Å². The van der Waals surface area contributed by atoms with Crippen molar-refractivity contribution in [3.8, 4) is 0 Å². The molecule has 1 aromatic heterocycles. The van der Waals surface area contributed by atoms with Crippen molar-refractivity contribution < 1.29 is 4.52 Å². The summed E-state index contributed by atoms with van der Waals surface area (Å²) < 4.78 is 4.78. The number of halogens is 1. The lowest BCUT2D eigenvalue weighted by molar-refractivity contribution is 0.375. The second kappa shape index (κ2) is 4.90. The minimum Gasteiger partial charge on any atom is -0.340 e. The van der Waals surface area contributed by atoms with Crippen LogP contribution in [-0.2, 0) is 6.42 Å². The van der Waals surface area contributed by atoms with Gasteiger partial charge in [0.25, 0.3) is 0 Å². The van der Waals surface area contributed by atoms with Gasteiger partial charge in [0.15, 0.2) is 6.33 Å². The van der Waals surface area contributed by atoms with E-state index in [1.807, 2.05) is 0 Å². The molecule has 0 amide bonds. The molecular weight excluding hydrogens is 178 g/mol. The summed E-state index contributed by atoms with van der Waals surface area (Å²) in [6.07, 6.45) is 2.10. The molecule has 0 spiro atoms. The molecule has 4 nitrogen and oxygen atoms in total. The van der Waals surface area contributed by atoms with Gasteiger partial charge in [0.2, 0.25) is 5.89 Å². The van der Waals surface area contributed by atoms with Crippen LogP contribution in [0.25, 0.3) is 0 Å². The zero-order valence-corrected chi connectivity index (χ0v) is 7.34. The maximum atomic E-state index is 5.53. The Bertz CT molecular complexity index is 235. The standard InChI is InChI=1S/C7H10ClN3O/c1-6(8)4-9-3-2-7-10-5-11-12-7/h5,9H,1-4H2. The first-order chi connectivity index (χ1) is 5.79. The Morgan fingerprint density at radius 1 is 1.75 bits per heavy atom. The fourth-order valence-electron chi connectivity index (χ4n) is 0.725. The van der Waals surface area contributed by atoms with Crippen LogP contribution < -0.4 is 5.32 Å². The summed E-state index contributed by atoms with van der Waals surface area (Å²) >= 11 is 5.53. The number of rotatable bonds is 5. The minimum atomic E-state index is 0.598. The molecule has 1 N–H and O–H groups in total. The molecule has 12 heavy (non-hydrogen) atoms. The molecule has 0 aliphatic carbocycles. The zero-order chi connectivity index (χ0) is 8.81. The molecule has 0 saturated heterocycles. The summed E-state index contributed by atoms with van der Waals surface area (Å²) in [4.78, 5) is 3.86. The normalized spacial score (nSPS) is 10.1. The molecule has 0 aliphatic heterocycles. The van der Waals surface area contributed by atoms with Crippen LogP contribution in [-0.4, -0.2) is 23.2 Å². The van der Waals surface area contributed by atoms with E-state index in [9.17, 15) is 0 Å². The molecule has 1 heterocycles. The monoisotopic (exact) mass is 187 g/mol. The number of hydrogen-bond donors (Lipinski definition) is 1. The van der Waals surface area contributed by atoms with Gasteiger partial charge in [-0.2, -0.15) is 4.98 Å². The molecule has 0 atom stereocenters. The number of nitrogens with zero attached hydrogens (tertiary/aromatic N) is 2. The molecule has 0 aliphatic rings. The summed E-state index contributed by atoms with van der Waals surface area (Å²) in [6.45, 7) is 4.91. The van der Waals surface area contributed by atoms with Gasteiger partial charge in [-0.3, -0.25) is 0 Å². The van der Waals surface area contributed by atoms with E-state index in [2.05, 4.69) is 22.0 Å². The Kier molecular flexibility index (Phi) is 3.76.